The summed E-state index contributed by atoms with van der Waals surface area (Å²) in [7, 11) is 0. The van der Waals surface area contributed by atoms with Gasteiger partial charge in [0.1, 0.15) is 0 Å². The van der Waals surface area contributed by atoms with E-state index < -0.39 is 0 Å². The largest absolute Gasteiger partial charge is 0.314 e. The normalized spacial score (nSPS) is 28.3. The van der Waals surface area contributed by atoms with Gasteiger partial charge in [0, 0.05) is 6.04 Å². The van der Waals surface area contributed by atoms with E-state index in [9.17, 15) is 0 Å². The lowest BCUT2D eigenvalue weighted by Gasteiger charge is -2.26. The van der Waals surface area contributed by atoms with Crippen LogP contribution in [0, 0.1) is 17.8 Å². The molecule has 1 aliphatic rings. The summed E-state index contributed by atoms with van der Waals surface area (Å²) in [6, 6.07) is 0.697. The Labute approximate surface area is 102 Å². The van der Waals surface area contributed by atoms with E-state index in [0.29, 0.717) is 6.04 Å². The quantitative estimate of drug-likeness (QED) is 0.713. The van der Waals surface area contributed by atoms with Crippen molar-refractivity contribution in [3.63, 3.8) is 0 Å². The highest BCUT2D eigenvalue weighted by Gasteiger charge is 2.17. The fraction of sp³-hybridized carbons (Fsp3) is 1.00. The molecule has 1 N–H and O–H groups in total. The van der Waals surface area contributed by atoms with E-state index in [2.05, 4.69) is 33.0 Å². The van der Waals surface area contributed by atoms with Gasteiger partial charge in [0.25, 0.3) is 0 Å². The third-order valence-electron chi connectivity index (χ3n) is 4.01. The van der Waals surface area contributed by atoms with Crippen LogP contribution in [-0.4, -0.2) is 12.6 Å². The fourth-order valence-electron chi connectivity index (χ4n) is 2.94. The highest BCUT2D eigenvalue weighted by Crippen LogP contribution is 2.29. The highest BCUT2D eigenvalue weighted by atomic mass is 14.9. The fourth-order valence-corrected chi connectivity index (χ4v) is 2.94. The summed E-state index contributed by atoms with van der Waals surface area (Å²) in [5, 5.41) is 3.67. The lowest BCUT2D eigenvalue weighted by atomic mass is 9.81. The molecule has 0 aromatic heterocycles. The Kier molecular flexibility index (Phi) is 6.41. The van der Waals surface area contributed by atoms with Crippen LogP contribution in [0.25, 0.3) is 0 Å². The van der Waals surface area contributed by atoms with Crippen molar-refractivity contribution in [1.29, 1.82) is 0 Å². The van der Waals surface area contributed by atoms with Gasteiger partial charge in [-0.05, 0) is 44.1 Å². The molecule has 0 amide bonds. The van der Waals surface area contributed by atoms with Gasteiger partial charge in [0.15, 0.2) is 0 Å². The minimum atomic E-state index is 0.697. The Balaban J connectivity index is 2.02. The first-order valence-electron chi connectivity index (χ1n) is 7.31. The van der Waals surface area contributed by atoms with Crippen LogP contribution in [0.5, 0.6) is 0 Å². The first kappa shape index (κ1) is 14.0. The van der Waals surface area contributed by atoms with E-state index in [-0.39, 0.29) is 0 Å². The summed E-state index contributed by atoms with van der Waals surface area (Å²) >= 11 is 0. The minimum absolute atomic E-state index is 0.697. The van der Waals surface area contributed by atoms with Crippen LogP contribution >= 0.6 is 0 Å². The molecule has 0 radical (unpaired) electrons. The van der Waals surface area contributed by atoms with Crippen LogP contribution in [-0.2, 0) is 0 Å². The SMILES string of the molecule is CC(C)CC(C)NCCC1CCC(C)CC1. The van der Waals surface area contributed by atoms with E-state index in [1.54, 1.807) is 0 Å². The second kappa shape index (κ2) is 7.32. The van der Waals surface area contributed by atoms with Crippen LogP contribution in [0.2, 0.25) is 0 Å². The van der Waals surface area contributed by atoms with Gasteiger partial charge in [-0.2, -0.15) is 0 Å². The van der Waals surface area contributed by atoms with E-state index in [0.717, 1.165) is 17.8 Å². The van der Waals surface area contributed by atoms with Crippen LogP contribution in [0.15, 0.2) is 0 Å². The minimum Gasteiger partial charge on any atom is -0.314 e. The van der Waals surface area contributed by atoms with Gasteiger partial charge in [-0.15, -0.1) is 0 Å². The van der Waals surface area contributed by atoms with Crippen molar-refractivity contribution in [2.24, 2.45) is 17.8 Å². The smallest absolute Gasteiger partial charge is 0.00411 e. The monoisotopic (exact) mass is 225 g/mol. The summed E-state index contributed by atoms with van der Waals surface area (Å²) in [5.74, 6) is 2.82. The van der Waals surface area contributed by atoms with Gasteiger partial charge in [-0.1, -0.05) is 46.5 Å². The number of hydrogen-bond donors (Lipinski definition) is 1. The third-order valence-corrected chi connectivity index (χ3v) is 4.01. The lowest BCUT2D eigenvalue weighted by Crippen LogP contribution is -2.30. The van der Waals surface area contributed by atoms with Crippen molar-refractivity contribution >= 4 is 0 Å². The summed E-state index contributed by atoms with van der Waals surface area (Å²) < 4.78 is 0. The molecule has 0 heterocycles. The van der Waals surface area contributed by atoms with Gasteiger partial charge in [-0.25, -0.2) is 0 Å². The molecule has 16 heavy (non-hydrogen) atoms. The molecule has 0 bridgehead atoms. The molecule has 1 aliphatic carbocycles. The molecule has 1 nitrogen and oxygen atoms in total. The molecule has 0 spiro atoms. The molecular weight excluding hydrogens is 194 g/mol. The Morgan fingerprint density at radius 3 is 2.25 bits per heavy atom. The summed E-state index contributed by atoms with van der Waals surface area (Å²) in [6.45, 7) is 10.6. The Bertz CT molecular complexity index is 168. The molecule has 0 saturated heterocycles. The molecule has 1 saturated carbocycles. The van der Waals surface area contributed by atoms with E-state index in [1.165, 1.54) is 45.1 Å². The zero-order valence-corrected chi connectivity index (χ0v) is 11.8. The summed E-state index contributed by atoms with van der Waals surface area (Å²) in [4.78, 5) is 0. The van der Waals surface area contributed by atoms with Crippen LogP contribution in [0.3, 0.4) is 0 Å². The molecule has 96 valence electrons. The molecule has 1 rings (SSSR count). The van der Waals surface area contributed by atoms with Crippen molar-refractivity contribution in [2.45, 2.75) is 72.3 Å². The Morgan fingerprint density at radius 2 is 1.69 bits per heavy atom. The molecule has 0 aliphatic heterocycles. The zero-order chi connectivity index (χ0) is 12.0. The van der Waals surface area contributed by atoms with Gasteiger partial charge >= 0.3 is 0 Å². The molecule has 1 heteroatoms. The van der Waals surface area contributed by atoms with Crippen molar-refractivity contribution in [2.75, 3.05) is 6.54 Å². The molecule has 1 unspecified atom stereocenters. The number of nitrogens with one attached hydrogen (secondary N) is 1. The van der Waals surface area contributed by atoms with Crippen molar-refractivity contribution in [3.05, 3.63) is 0 Å². The van der Waals surface area contributed by atoms with Crippen molar-refractivity contribution in [3.8, 4) is 0 Å². The maximum Gasteiger partial charge on any atom is 0.00411 e. The van der Waals surface area contributed by atoms with E-state index in [4.69, 9.17) is 0 Å². The van der Waals surface area contributed by atoms with Crippen LogP contribution in [0.1, 0.15) is 66.2 Å². The highest BCUT2D eigenvalue weighted by molar-refractivity contribution is 4.72. The standard InChI is InChI=1S/C15H31N/c1-12(2)11-14(4)16-10-9-15-7-5-13(3)6-8-15/h12-16H,5-11H2,1-4H3. The second-order valence-electron chi connectivity index (χ2n) is 6.40. The predicted octanol–water partition coefficient (Wildman–Crippen LogP) is 4.23. The van der Waals surface area contributed by atoms with Gasteiger partial charge in [0.2, 0.25) is 0 Å². The molecule has 1 fully saturated rings. The first-order valence-corrected chi connectivity index (χ1v) is 7.31. The maximum absolute atomic E-state index is 3.67. The van der Waals surface area contributed by atoms with Crippen LogP contribution < -0.4 is 5.32 Å². The number of hydrogen-bond acceptors (Lipinski definition) is 1. The summed E-state index contributed by atoms with van der Waals surface area (Å²) in [6.07, 6.45) is 8.58. The summed E-state index contributed by atoms with van der Waals surface area (Å²) in [5.41, 5.74) is 0. The average Bonchev–Trinajstić information content (AvgIpc) is 2.20. The maximum atomic E-state index is 3.67. The topological polar surface area (TPSA) is 12.0 Å². The first-order chi connectivity index (χ1) is 7.58. The second-order valence-corrected chi connectivity index (χ2v) is 6.40. The van der Waals surface area contributed by atoms with Crippen molar-refractivity contribution < 1.29 is 0 Å². The van der Waals surface area contributed by atoms with Gasteiger partial charge < -0.3 is 5.32 Å². The average molecular weight is 225 g/mol. The van der Waals surface area contributed by atoms with Crippen LogP contribution in [0.4, 0.5) is 0 Å². The Hall–Kier alpha value is -0.0400. The molecule has 1 atom stereocenters. The lowest BCUT2D eigenvalue weighted by molar-refractivity contribution is 0.271. The third kappa shape index (κ3) is 5.89. The zero-order valence-electron chi connectivity index (χ0n) is 11.8. The number of rotatable bonds is 6. The molecular formula is C15H31N. The van der Waals surface area contributed by atoms with E-state index in [1.807, 2.05) is 0 Å². The van der Waals surface area contributed by atoms with Gasteiger partial charge in [-0.3, -0.25) is 0 Å². The molecule has 0 aromatic rings. The Morgan fingerprint density at radius 1 is 1.06 bits per heavy atom. The van der Waals surface area contributed by atoms with Gasteiger partial charge in [0.05, 0.1) is 0 Å². The predicted molar refractivity (Wildman–Crippen MR) is 72.7 cm³/mol. The molecule has 0 aromatic carbocycles. The van der Waals surface area contributed by atoms with E-state index >= 15 is 0 Å². The van der Waals surface area contributed by atoms with Crippen molar-refractivity contribution in [1.82, 2.24) is 5.32 Å².